The molecule has 13 nitrogen and oxygen atoms in total. The molecular weight excluding hydrogens is 434 g/mol. The zero-order valence-electron chi connectivity index (χ0n) is 18.6. The molecule has 1 N–H and O–H groups in total. The van der Waals surface area contributed by atoms with Crippen molar-refractivity contribution in [2.75, 3.05) is 20.8 Å². The summed E-state index contributed by atoms with van der Waals surface area (Å²) in [6.45, 7) is 3.53. The Hall–Kier alpha value is -3.06. The van der Waals surface area contributed by atoms with Gasteiger partial charge in [-0.25, -0.2) is 4.79 Å². The highest BCUT2D eigenvalue weighted by atomic mass is 16.7. The molecule has 1 aliphatic heterocycles. The summed E-state index contributed by atoms with van der Waals surface area (Å²) in [5.74, 6) is -7.18. The Morgan fingerprint density at radius 2 is 1.62 bits per heavy atom. The molecule has 0 radical (unpaired) electrons. The molecule has 0 spiro atoms. The van der Waals surface area contributed by atoms with Crippen LogP contribution in [0, 0.1) is 0 Å². The maximum Gasteiger partial charge on any atom is 0.366 e. The van der Waals surface area contributed by atoms with Gasteiger partial charge in [-0.1, -0.05) is 0 Å². The van der Waals surface area contributed by atoms with Gasteiger partial charge in [-0.3, -0.25) is 24.0 Å². The molecule has 1 amide bonds. The molecular formula is C19H27NO12. The number of ketones is 1. The number of hydrogen-bond donors (Lipinski definition) is 1. The van der Waals surface area contributed by atoms with Crippen LogP contribution in [-0.2, 0) is 57.2 Å². The van der Waals surface area contributed by atoms with Crippen molar-refractivity contribution in [3.05, 3.63) is 0 Å². The number of carbonyl (C=O) groups excluding carboxylic acids is 6. The van der Waals surface area contributed by atoms with Gasteiger partial charge in [0.1, 0.15) is 12.2 Å². The first-order chi connectivity index (χ1) is 14.9. The van der Waals surface area contributed by atoms with Crippen LogP contribution in [0.25, 0.3) is 0 Å². The fraction of sp³-hybridized carbons (Fsp3) is 0.684. The third-order valence-electron chi connectivity index (χ3n) is 4.39. The van der Waals surface area contributed by atoms with Crippen molar-refractivity contribution in [1.29, 1.82) is 0 Å². The van der Waals surface area contributed by atoms with E-state index < -0.39 is 78.7 Å². The molecule has 1 unspecified atom stereocenters. The quantitative estimate of drug-likeness (QED) is 0.321. The van der Waals surface area contributed by atoms with Gasteiger partial charge in [0, 0.05) is 34.8 Å². The second-order valence-electron chi connectivity index (χ2n) is 6.89. The van der Waals surface area contributed by atoms with E-state index in [9.17, 15) is 28.8 Å². The Morgan fingerprint density at radius 1 is 1.00 bits per heavy atom. The number of rotatable bonds is 9. The van der Waals surface area contributed by atoms with Crippen LogP contribution < -0.4 is 5.32 Å². The van der Waals surface area contributed by atoms with Crippen LogP contribution in [-0.4, -0.2) is 86.5 Å². The predicted molar refractivity (Wildman–Crippen MR) is 102 cm³/mol. The van der Waals surface area contributed by atoms with Crippen LogP contribution in [0.3, 0.4) is 0 Å². The fourth-order valence-corrected chi connectivity index (χ4v) is 3.18. The highest BCUT2D eigenvalue weighted by Gasteiger charge is 2.58. The molecule has 180 valence electrons. The molecule has 0 aromatic heterocycles. The first-order valence-electron chi connectivity index (χ1n) is 9.45. The number of ether oxygens (including phenoxy) is 6. The molecule has 13 heteroatoms. The van der Waals surface area contributed by atoms with E-state index in [4.69, 9.17) is 23.7 Å². The molecule has 1 heterocycles. The smallest absolute Gasteiger partial charge is 0.366 e. The summed E-state index contributed by atoms with van der Waals surface area (Å²) in [7, 11) is 2.16. The van der Waals surface area contributed by atoms with Crippen molar-refractivity contribution < 1.29 is 57.2 Å². The zero-order chi connectivity index (χ0) is 24.6. The second-order valence-corrected chi connectivity index (χ2v) is 6.89. The van der Waals surface area contributed by atoms with Crippen LogP contribution >= 0.6 is 0 Å². The summed E-state index contributed by atoms with van der Waals surface area (Å²) in [4.78, 5) is 71.7. The minimum atomic E-state index is -2.17. The first kappa shape index (κ1) is 27.0. The average molecular weight is 461 g/mol. The number of nitrogens with one attached hydrogen (secondary N) is 1. The van der Waals surface area contributed by atoms with Gasteiger partial charge in [0.2, 0.25) is 11.7 Å². The van der Waals surface area contributed by atoms with E-state index in [0.29, 0.717) is 0 Å². The van der Waals surface area contributed by atoms with Crippen molar-refractivity contribution in [3.63, 3.8) is 0 Å². The van der Waals surface area contributed by atoms with E-state index in [1.807, 2.05) is 0 Å². The van der Waals surface area contributed by atoms with E-state index >= 15 is 0 Å². The third kappa shape index (κ3) is 6.99. The van der Waals surface area contributed by atoms with Crippen LogP contribution in [0.4, 0.5) is 0 Å². The van der Waals surface area contributed by atoms with Gasteiger partial charge in [-0.05, 0) is 0 Å². The van der Waals surface area contributed by atoms with Crippen LogP contribution in [0.15, 0.2) is 0 Å². The number of hydrogen-bond acceptors (Lipinski definition) is 12. The molecule has 1 rings (SSSR count). The maximum absolute atomic E-state index is 12.8. The fourth-order valence-electron chi connectivity index (χ4n) is 3.18. The minimum absolute atomic E-state index is 0.415. The average Bonchev–Trinajstić information content (AvgIpc) is 2.69. The molecule has 5 atom stereocenters. The number of methoxy groups -OCH3 is 2. The molecule has 0 aromatic rings. The molecule has 1 saturated heterocycles. The van der Waals surface area contributed by atoms with E-state index in [0.717, 1.165) is 41.9 Å². The van der Waals surface area contributed by atoms with Gasteiger partial charge < -0.3 is 33.7 Å². The minimum Gasteiger partial charge on any atom is -0.465 e. The van der Waals surface area contributed by atoms with Crippen molar-refractivity contribution >= 4 is 35.6 Å². The van der Waals surface area contributed by atoms with Gasteiger partial charge in [-0.15, -0.1) is 0 Å². The molecule has 0 saturated carbocycles. The molecule has 0 bridgehead atoms. The summed E-state index contributed by atoms with van der Waals surface area (Å²) < 4.78 is 30.7. The van der Waals surface area contributed by atoms with E-state index in [2.05, 4.69) is 10.1 Å². The first-order valence-corrected chi connectivity index (χ1v) is 9.45. The van der Waals surface area contributed by atoms with Crippen LogP contribution in [0.5, 0.6) is 0 Å². The zero-order valence-corrected chi connectivity index (χ0v) is 18.6. The Bertz CT molecular complexity index is 765. The van der Waals surface area contributed by atoms with Gasteiger partial charge in [-0.2, -0.15) is 0 Å². The lowest BCUT2D eigenvalue weighted by Gasteiger charge is -2.46. The Kier molecular flexibility index (Phi) is 9.72. The Balaban J connectivity index is 3.56. The largest absolute Gasteiger partial charge is 0.465 e. The normalized spacial score (nSPS) is 25.6. The lowest BCUT2D eigenvalue weighted by atomic mass is 9.88. The number of Topliss-reactive ketones (excluding diaryl/α,β-unsaturated/α-hetero) is 1. The van der Waals surface area contributed by atoms with Crippen LogP contribution in [0.1, 0.15) is 34.1 Å². The lowest BCUT2D eigenvalue weighted by molar-refractivity contribution is -0.299. The number of amides is 1. The summed E-state index contributed by atoms with van der Waals surface area (Å²) in [5.41, 5.74) is 0. The number of carbonyl (C=O) groups is 6. The summed E-state index contributed by atoms with van der Waals surface area (Å²) in [6.07, 6.45) is -5.04. The highest BCUT2D eigenvalue weighted by molar-refractivity contribution is 5.89. The SMILES string of the molecule is COC(=O)[C@]1(OC)C[C@@H](OC(C)=O)[C@@H](NC(C)=O)C([C@H](OC(C)=O)C(=O)COC(C)=O)O1. The van der Waals surface area contributed by atoms with Gasteiger partial charge in [0.15, 0.2) is 12.7 Å². The highest BCUT2D eigenvalue weighted by Crippen LogP contribution is 2.35. The monoisotopic (exact) mass is 461 g/mol. The molecule has 32 heavy (non-hydrogen) atoms. The number of esters is 4. The standard InChI is InChI=1S/C19H27NO12/c1-9(21)20-15-14(30-11(3)23)7-19(28-6,18(26)27-5)32-17(15)16(31-12(4)24)13(25)8-29-10(2)22/h14-17H,7-8H2,1-6H3,(H,20,21)/t14-,15-,16-,17?,19+/m1/s1. The molecule has 1 fully saturated rings. The third-order valence-corrected chi connectivity index (χ3v) is 4.39. The van der Waals surface area contributed by atoms with Crippen LogP contribution in [0.2, 0.25) is 0 Å². The molecule has 1 aliphatic rings. The van der Waals surface area contributed by atoms with Crippen molar-refractivity contribution in [3.8, 4) is 0 Å². The summed E-state index contributed by atoms with van der Waals surface area (Å²) in [6, 6.07) is -1.25. The lowest BCUT2D eigenvalue weighted by Crippen LogP contribution is -2.68. The van der Waals surface area contributed by atoms with Crippen molar-refractivity contribution in [2.45, 2.75) is 64.3 Å². The van der Waals surface area contributed by atoms with Crippen molar-refractivity contribution in [1.82, 2.24) is 5.32 Å². The van der Waals surface area contributed by atoms with E-state index in [1.54, 1.807) is 0 Å². The van der Waals surface area contributed by atoms with Gasteiger partial charge in [0.25, 0.3) is 5.79 Å². The van der Waals surface area contributed by atoms with Crippen molar-refractivity contribution in [2.24, 2.45) is 0 Å². The Morgan fingerprint density at radius 3 is 2.06 bits per heavy atom. The molecule has 0 aromatic carbocycles. The maximum atomic E-state index is 12.8. The molecule has 0 aliphatic carbocycles. The summed E-state index contributed by atoms with van der Waals surface area (Å²) >= 11 is 0. The topological polar surface area (TPSA) is 170 Å². The summed E-state index contributed by atoms with van der Waals surface area (Å²) in [5, 5.41) is 2.48. The van der Waals surface area contributed by atoms with E-state index in [-0.39, 0.29) is 0 Å². The predicted octanol–water partition coefficient (Wildman–Crippen LogP) is -1.21. The second kappa shape index (κ2) is 11.5. The van der Waals surface area contributed by atoms with Gasteiger partial charge in [0.05, 0.1) is 19.6 Å². The van der Waals surface area contributed by atoms with Gasteiger partial charge >= 0.3 is 23.9 Å². The Labute approximate surface area is 184 Å². The van der Waals surface area contributed by atoms with E-state index in [1.165, 1.54) is 0 Å².